The summed E-state index contributed by atoms with van der Waals surface area (Å²) >= 11 is 10.8. The topological polar surface area (TPSA) is 45.6 Å². The third-order valence-corrected chi connectivity index (χ3v) is 2.33. The average Bonchev–Trinajstić information content (AvgIpc) is 2.32. The predicted molar refractivity (Wildman–Crippen MR) is 74.7 cm³/mol. The quantitative estimate of drug-likeness (QED) is 0.371. The zero-order valence-electron chi connectivity index (χ0n) is 9.44. The van der Waals surface area contributed by atoms with Gasteiger partial charge in [0.05, 0.1) is 12.8 Å². The minimum absolute atomic E-state index is 0.465. The summed E-state index contributed by atoms with van der Waals surface area (Å²) < 4.78 is 4.88. The fraction of sp³-hybridized carbons (Fsp3) is 0.273. The van der Waals surface area contributed by atoms with E-state index in [-0.39, 0.29) is 0 Å². The maximum Gasteiger partial charge on any atom is 0.187 e. The maximum atomic E-state index is 5.76. The van der Waals surface area contributed by atoms with Crippen LogP contribution in [0.25, 0.3) is 0 Å². The molecule has 0 aliphatic carbocycles. The molecular formula is C11H14ClN3OS. The van der Waals surface area contributed by atoms with E-state index in [2.05, 4.69) is 15.8 Å². The minimum atomic E-state index is 0.465. The number of methoxy groups -OCH3 is 1. The van der Waals surface area contributed by atoms with E-state index in [0.717, 1.165) is 5.56 Å². The number of benzene rings is 1. The Kier molecular flexibility index (Phi) is 6.54. The number of nitrogens with zero attached hydrogens (tertiary/aromatic N) is 1. The van der Waals surface area contributed by atoms with Crippen molar-refractivity contribution in [2.24, 2.45) is 5.10 Å². The van der Waals surface area contributed by atoms with Crippen molar-refractivity contribution in [2.45, 2.75) is 0 Å². The summed E-state index contributed by atoms with van der Waals surface area (Å²) in [6.07, 6.45) is 1.67. The molecule has 4 nitrogen and oxygen atoms in total. The standard InChI is InChI=1S/C11H14ClN3OS/c1-16-7-6-13-11(17)15-14-8-9-2-4-10(12)5-3-9/h2-5,8H,6-7H2,1H3,(H2,13,15,17)/b14-8+. The van der Waals surface area contributed by atoms with Gasteiger partial charge in [-0.05, 0) is 29.9 Å². The highest BCUT2D eigenvalue weighted by Crippen LogP contribution is 2.07. The number of hydrogen-bond acceptors (Lipinski definition) is 3. The van der Waals surface area contributed by atoms with Gasteiger partial charge in [0, 0.05) is 18.7 Å². The van der Waals surface area contributed by atoms with Crippen molar-refractivity contribution in [1.82, 2.24) is 10.7 Å². The molecule has 17 heavy (non-hydrogen) atoms. The van der Waals surface area contributed by atoms with Crippen molar-refractivity contribution in [2.75, 3.05) is 20.3 Å². The Hall–Kier alpha value is -1.17. The van der Waals surface area contributed by atoms with E-state index >= 15 is 0 Å². The molecule has 0 bridgehead atoms. The number of hydrogen-bond donors (Lipinski definition) is 2. The second kappa shape index (κ2) is 8.00. The molecule has 0 fully saturated rings. The number of rotatable bonds is 5. The van der Waals surface area contributed by atoms with Crippen LogP contribution in [0.5, 0.6) is 0 Å². The van der Waals surface area contributed by atoms with Gasteiger partial charge >= 0.3 is 0 Å². The minimum Gasteiger partial charge on any atom is -0.383 e. The first-order valence-corrected chi connectivity index (χ1v) is 5.82. The molecule has 0 heterocycles. The van der Waals surface area contributed by atoms with Crippen LogP contribution in [-0.4, -0.2) is 31.6 Å². The van der Waals surface area contributed by atoms with Crippen LogP contribution in [0, 0.1) is 0 Å². The first-order valence-electron chi connectivity index (χ1n) is 5.04. The third-order valence-electron chi connectivity index (χ3n) is 1.84. The number of hydrazone groups is 1. The van der Waals surface area contributed by atoms with Crippen LogP contribution >= 0.6 is 23.8 Å². The van der Waals surface area contributed by atoms with E-state index in [1.165, 1.54) is 0 Å². The Morgan fingerprint density at radius 1 is 1.47 bits per heavy atom. The fourth-order valence-electron chi connectivity index (χ4n) is 1.02. The van der Waals surface area contributed by atoms with Crippen LogP contribution in [0.15, 0.2) is 29.4 Å². The van der Waals surface area contributed by atoms with Gasteiger partial charge in [0.25, 0.3) is 0 Å². The average molecular weight is 272 g/mol. The molecule has 0 aliphatic heterocycles. The molecule has 92 valence electrons. The molecule has 0 saturated heterocycles. The largest absolute Gasteiger partial charge is 0.383 e. The molecule has 2 N–H and O–H groups in total. The Labute approximate surface area is 111 Å². The van der Waals surface area contributed by atoms with Crippen LogP contribution in [0.3, 0.4) is 0 Å². The van der Waals surface area contributed by atoms with Gasteiger partial charge in [-0.25, -0.2) is 0 Å². The zero-order valence-corrected chi connectivity index (χ0v) is 11.0. The molecule has 0 unspecified atom stereocenters. The lowest BCUT2D eigenvalue weighted by Gasteiger charge is -2.05. The Morgan fingerprint density at radius 3 is 2.82 bits per heavy atom. The van der Waals surface area contributed by atoms with E-state index in [1.807, 2.05) is 12.1 Å². The zero-order chi connectivity index (χ0) is 12.5. The highest BCUT2D eigenvalue weighted by atomic mass is 35.5. The highest BCUT2D eigenvalue weighted by Gasteiger charge is 1.91. The molecule has 0 radical (unpaired) electrons. The van der Waals surface area contributed by atoms with Crippen LogP contribution in [0.1, 0.15) is 5.56 Å². The number of nitrogens with one attached hydrogen (secondary N) is 2. The summed E-state index contributed by atoms with van der Waals surface area (Å²) in [5.74, 6) is 0. The van der Waals surface area contributed by atoms with Crippen molar-refractivity contribution in [3.8, 4) is 0 Å². The summed E-state index contributed by atoms with van der Waals surface area (Å²) in [4.78, 5) is 0. The fourth-order valence-corrected chi connectivity index (χ4v) is 1.30. The number of halogens is 1. The monoisotopic (exact) mass is 271 g/mol. The summed E-state index contributed by atoms with van der Waals surface area (Å²) in [5.41, 5.74) is 3.65. The lowest BCUT2D eigenvalue weighted by molar-refractivity contribution is 0.204. The first-order chi connectivity index (χ1) is 8.22. The molecule has 0 aliphatic rings. The Bertz CT molecular complexity index is 381. The van der Waals surface area contributed by atoms with Crippen molar-refractivity contribution in [3.63, 3.8) is 0 Å². The SMILES string of the molecule is COCCNC(=S)N/N=C/c1ccc(Cl)cc1. The summed E-state index contributed by atoms with van der Waals surface area (Å²) in [7, 11) is 1.64. The lowest BCUT2D eigenvalue weighted by Crippen LogP contribution is -2.34. The molecule has 0 amide bonds. The van der Waals surface area contributed by atoms with E-state index in [0.29, 0.717) is 23.3 Å². The number of thiocarbonyl (C=S) groups is 1. The van der Waals surface area contributed by atoms with E-state index in [1.54, 1.807) is 25.5 Å². The number of ether oxygens (including phenoxy) is 1. The molecule has 0 atom stereocenters. The molecule has 1 aromatic carbocycles. The maximum absolute atomic E-state index is 5.76. The van der Waals surface area contributed by atoms with Gasteiger partial charge in [0.15, 0.2) is 5.11 Å². The normalized spacial score (nSPS) is 10.5. The molecular weight excluding hydrogens is 258 g/mol. The van der Waals surface area contributed by atoms with Gasteiger partial charge in [-0.15, -0.1) is 0 Å². The van der Waals surface area contributed by atoms with Gasteiger partial charge in [-0.3, -0.25) is 5.43 Å². The molecule has 1 aromatic rings. The van der Waals surface area contributed by atoms with Crippen LogP contribution in [0.2, 0.25) is 5.02 Å². The lowest BCUT2D eigenvalue weighted by atomic mass is 10.2. The van der Waals surface area contributed by atoms with Gasteiger partial charge in [0.2, 0.25) is 0 Å². The second-order valence-electron chi connectivity index (χ2n) is 3.17. The van der Waals surface area contributed by atoms with Gasteiger partial charge in [0.1, 0.15) is 0 Å². The predicted octanol–water partition coefficient (Wildman–Crippen LogP) is 1.78. The Balaban J connectivity index is 2.29. The van der Waals surface area contributed by atoms with E-state index < -0.39 is 0 Å². The van der Waals surface area contributed by atoms with Gasteiger partial charge in [-0.2, -0.15) is 5.10 Å². The molecule has 6 heteroatoms. The molecule has 0 spiro atoms. The van der Waals surface area contributed by atoms with Crippen molar-refractivity contribution in [3.05, 3.63) is 34.9 Å². The molecule has 0 aromatic heterocycles. The van der Waals surface area contributed by atoms with Crippen molar-refractivity contribution >= 4 is 35.1 Å². The van der Waals surface area contributed by atoms with Crippen molar-refractivity contribution in [1.29, 1.82) is 0 Å². The van der Waals surface area contributed by atoms with Gasteiger partial charge in [-0.1, -0.05) is 23.7 Å². The third kappa shape index (κ3) is 6.21. The van der Waals surface area contributed by atoms with Gasteiger partial charge < -0.3 is 10.1 Å². The van der Waals surface area contributed by atoms with Crippen LogP contribution in [-0.2, 0) is 4.74 Å². The Morgan fingerprint density at radius 2 is 2.18 bits per heavy atom. The molecule has 1 rings (SSSR count). The van der Waals surface area contributed by atoms with E-state index in [4.69, 9.17) is 28.6 Å². The van der Waals surface area contributed by atoms with E-state index in [9.17, 15) is 0 Å². The summed E-state index contributed by atoms with van der Waals surface area (Å²) in [6, 6.07) is 7.35. The first kappa shape index (κ1) is 13.9. The summed E-state index contributed by atoms with van der Waals surface area (Å²) in [5, 5.41) is 8.09. The van der Waals surface area contributed by atoms with Crippen molar-refractivity contribution < 1.29 is 4.74 Å². The molecule has 0 saturated carbocycles. The van der Waals surface area contributed by atoms with Crippen LogP contribution < -0.4 is 10.7 Å². The second-order valence-corrected chi connectivity index (χ2v) is 4.01. The highest BCUT2D eigenvalue weighted by molar-refractivity contribution is 7.80. The smallest absolute Gasteiger partial charge is 0.187 e. The van der Waals surface area contributed by atoms with Crippen LogP contribution in [0.4, 0.5) is 0 Å². The summed E-state index contributed by atoms with van der Waals surface area (Å²) in [6.45, 7) is 1.25.